The monoisotopic (exact) mass is 242 g/mol. The molecule has 3 rings (SSSR count). The highest BCUT2D eigenvalue weighted by atomic mass is 15.1. The summed E-state index contributed by atoms with van der Waals surface area (Å²) in [6.07, 6.45) is 6.18. The number of fused-ring (bicyclic) bond motifs is 1. The topological polar surface area (TPSA) is 19.0 Å². The van der Waals surface area contributed by atoms with Gasteiger partial charge in [-0.3, -0.25) is 0 Å². The molecule has 2 nitrogen and oxygen atoms in total. The van der Waals surface area contributed by atoms with Crippen LogP contribution in [-0.4, -0.2) is 30.0 Å². The first kappa shape index (κ1) is 11.8. The van der Waals surface area contributed by atoms with E-state index in [-0.39, 0.29) is 0 Å². The molecule has 96 valence electrons. The zero-order valence-electron chi connectivity index (χ0n) is 11.5. The van der Waals surface area contributed by atoms with Crippen molar-refractivity contribution in [3.63, 3.8) is 0 Å². The summed E-state index contributed by atoms with van der Waals surface area (Å²) >= 11 is 0. The van der Waals surface area contributed by atoms with Gasteiger partial charge in [-0.05, 0) is 63.9 Å². The van der Waals surface area contributed by atoms with Crippen molar-refractivity contribution >= 4 is 10.9 Å². The number of aryl methyl sites for hydroxylation is 1. The number of nitrogens with zero attached hydrogens (tertiary/aromatic N) is 1. The highest BCUT2D eigenvalue weighted by Crippen LogP contribution is 2.39. The van der Waals surface area contributed by atoms with Crippen LogP contribution in [0.4, 0.5) is 0 Å². The van der Waals surface area contributed by atoms with Crippen LogP contribution in [0.1, 0.15) is 36.3 Å². The second kappa shape index (κ2) is 4.43. The Morgan fingerprint density at radius 1 is 1.22 bits per heavy atom. The third-order valence-corrected chi connectivity index (χ3v) is 4.44. The molecule has 1 aromatic carbocycles. The maximum absolute atomic E-state index is 3.42. The standard InChI is InChI=1S/C16H22N2/c1-11-4-7-16-14(8-11)15(10-17-16)12-5-6-13(9-12)18(2)3/h4,7-8,10,12-13,17H,5-6,9H2,1-3H3. The van der Waals surface area contributed by atoms with Crippen LogP contribution >= 0.6 is 0 Å². The fraction of sp³-hybridized carbons (Fsp3) is 0.500. The maximum atomic E-state index is 3.42. The molecule has 0 aliphatic heterocycles. The van der Waals surface area contributed by atoms with Crippen molar-refractivity contribution in [2.45, 2.75) is 38.1 Å². The number of rotatable bonds is 2. The summed E-state index contributed by atoms with van der Waals surface area (Å²) in [5.41, 5.74) is 4.16. The summed E-state index contributed by atoms with van der Waals surface area (Å²) in [7, 11) is 4.40. The lowest BCUT2D eigenvalue weighted by atomic mass is 9.96. The Balaban J connectivity index is 1.93. The number of nitrogens with one attached hydrogen (secondary N) is 1. The van der Waals surface area contributed by atoms with Crippen LogP contribution in [0.2, 0.25) is 0 Å². The Bertz CT molecular complexity index is 553. The summed E-state index contributed by atoms with van der Waals surface area (Å²) < 4.78 is 0. The van der Waals surface area contributed by atoms with Crippen LogP contribution in [0.3, 0.4) is 0 Å². The van der Waals surface area contributed by atoms with E-state index >= 15 is 0 Å². The van der Waals surface area contributed by atoms with Crippen LogP contribution in [0.5, 0.6) is 0 Å². The van der Waals surface area contributed by atoms with Crippen molar-refractivity contribution in [2.24, 2.45) is 0 Å². The molecule has 1 saturated carbocycles. The predicted octanol–water partition coefficient (Wildman–Crippen LogP) is 3.67. The molecule has 2 unspecified atom stereocenters. The van der Waals surface area contributed by atoms with Crippen LogP contribution in [0.15, 0.2) is 24.4 Å². The minimum atomic E-state index is 0.730. The lowest BCUT2D eigenvalue weighted by Crippen LogP contribution is -2.24. The highest BCUT2D eigenvalue weighted by Gasteiger charge is 2.28. The number of benzene rings is 1. The average molecular weight is 242 g/mol. The van der Waals surface area contributed by atoms with Crippen molar-refractivity contribution in [3.8, 4) is 0 Å². The molecule has 1 aliphatic carbocycles. The summed E-state index contributed by atoms with van der Waals surface area (Å²) in [5, 5.41) is 1.43. The quantitative estimate of drug-likeness (QED) is 0.851. The molecule has 2 aromatic rings. The van der Waals surface area contributed by atoms with Crippen LogP contribution < -0.4 is 0 Å². The molecule has 1 N–H and O–H groups in total. The summed E-state index contributed by atoms with van der Waals surface area (Å²) in [5.74, 6) is 0.730. The number of H-pyrrole nitrogens is 1. The fourth-order valence-electron chi connectivity index (χ4n) is 3.30. The van der Waals surface area contributed by atoms with Gasteiger partial charge in [0.05, 0.1) is 0 Å². The van der Waals surface area contributed by atoms with E-state index in [9.17, 15) is 0 Å². The second-order valence-electron chi connectivity index (χ2n) is 5.92. The molecule has 2 heteroatoms. The van der Waals surface area contributed by atoms with E-state index in [0.29, 0.717) is 0 Å². The molecule has 1 aliphatic rings. The molecule has 1 aromatic heterocycles. The Labute approximate surface area is 109 Å². The summed E-state index contributed by atoms with van der Waals surface area (Å²) in [4.78, 5) is 5.80. The van der Waals surface area contributed by atoms with E-state index in [1.165, 1.54) is 41.3 Å². The number of aromatic amines is 1. The molecule has 2 atom stereocenters. The van der Waals surface area contributed by atoms with Gasteiger partial charge >= 0.3 is 0 Å². The van der Waals surface area contributed by atoms with E-state index < -0.39 is 0 Å². The normalized spacial score (nSPS) is 24.2. The van der Waals surface area contributed by atoms with E-state index in [4.69, 9.17) is 0 Å². The van der Waals surface area contributed by atoms with E-state index in [0.717, 1.165) is 12.0 Å². The number of hydrogen-bond acceptors (Lipinski definition) is 1. The number of aromatic nitrogens is 1. The summed E-state index contributed by atoms with van der Waals surface area (Å²) in [6.45, 7) is 2.17. The lowest BCUT2D eigenvalue weighted by Gasteiger charge is -2.18. The molecule has 1 heterocycles. The largest absolute Gasteiger partial charge is 0.361 e. The van der Waals surface area contributed by atoms with Gasteiger partial charge in [0.25, 0.3) is 0 Å². The van der Waals surface area contributed by atoms with Crippen LogP contribution in [-0.2, 0) is 0 Å². The predicted molar refractivity (Wildman–Crippen MR) is 77.1 cm³/mol. The van der Waals surface area contributed by atoms with E-state index in [1.807, 2.05) is 0 Å². The first-order chi connectivity index (χ1) is 8.65. The number of hydrogen-bond donors (Lipinski definition) is 1. The molecule has 0 radical (unpaired) electrons. The van der Waals surface area contributed by atoms with Crippen molar-refractivity contribution < 1.29 is 0 Å². The zero-order valence-corrected chi connectivity index (χ0v) is 11.5. The smallest absolute Gasteiger partial charge is 0.0457 e. The second-order valence-corrected chi connectivity index (χ2v) is 5.92. The Morgan fingerprint density at radius 3 is 2.78 bits per heavy atom. The van der Waals surface area contributed by atoms with Crippen LogP contribution in [0, 0.1) is 6.92 Å². The van der Waals surface area contributed by atoms with Gasteiger partial charge in [-0.25, -0.2) is 0 Å². The SMILES string of the molecule is Cc1ccc2[nH]cc(C3CCC(N(C)C)C3)c2c1. The highest BCUT2D eigenvalue weighted by molar-refractivity contribution is 5.84. The first-order valence-corrected chi connectivity index (χ1v) is 6.89. The molecular formula is C16H22N2. The Hall–Kier alpha value is -1.28. The van der Waals surface area contributed by atoms with Crippen molar-refractivity contribution in [3.05, 3.63) is 35.5 Å². The molecule has 0 saturated heterocycles. The molecular weight excluding hydrogens is 220 g/mol. The van der Waals surface area contributed by atoms with Gasteiger partial charge in [-0.15, -0.1) is 0 Å². The van der Waals surface area contributed by atoms with Gasteiger partial charge in [0.1, 0.15) is 0 Å². The van der Waals surface area contributed by atoms with Gasteiger partial charge < -0.3 is 9.88 Å². The Morgan fingerprint density at radius 2 is 2.06 bits per heavy atom. The van der Waals surface area contributed by atoms with E-state index in [1.54, 1.807) is 0 Å². The van der Waals surface area contributed by atoms with Gasteiger partial charge in [0.15, 0.2) is 0 Å². The third-order valence-electron chi connectivity index (χ3n) is 4.44. The molecule has 18 heavy (non-hydrogen) atoms. The minimum absolute atomic E-state index is 0.730. The van der Waals surface area contributed by atoms with Crippen LogP contribution in [0.25, 0.3) is 10.9 Å². The first-order valence-electron chi connectivity index (χ1n) is 6.89. The molecule has 1 fully saturated rings. The minimum Gasteiger partial charge on any atom is -0.361 e. The van der Waals surface area contributed by atoms with Gasteiger partial charge in [0.2, 0.25) is 0 Å². The average Bonchev–Trinajstić information content (AvgIpc) is 2.93. The lowest BCUT2D eigenvalue weighted by molar-refractivity contribution is 0.297. The van der Waals surface area contributed by atoms with Crippen molar-refractivity contribution in [2.75, 3.05) is 14.1 Å². The molecule has 0 bridgehead atoms. The van der Waals surface area contributed by atoms with E-state index in [2.05, 4.69) is 55.3 Å². The van der Waals surface area contributed by atoms with Gasteiger partial charge in [-0.2, -0.15) is 0 Å². The van der Waals surface area contributed by atoms with Gasteiger partial charge in [0, 0.05) is 23.1 Å². The maximum Gasteiger partial charge on any atom is 0.0457 e. The molecule has 0 spiro atoms. The zero-order chi connectivity index (χ0) is 12.7. The van der Waals surface area contributed by atoms with Gasteiger partial charge in [-0.1, -0.05) is 11.6 Å². The Kier molecular flexibility index (Phi) is 2.90. The van der Waals surface area contributed by atoms with Crippen molar-refractivity contribution in [1.29, 1.82) is 0 Å². The van der Waals surface area contributed by atoms with Crippen molar-refractivity contribution in [1.82, 2.24) is 9.88 Å². The fourth-order valence-corrected chi connectivity index (χ4v) is 3.30. The third kappa shape index (κ3) is 1.95. The molecule has 0 amide bonds. The summed E-state index contributed by atoms with van der Waals surface area (Å²) in [6, 6.07) is 7.46.